The minimum Gasteiger partial charge on any atom is -0.345 e. The third-order valence-corrected chi connectivity index (χ3v) is 3.07. The summed E-state index contributed by atoms with van der Waals surface area (Å²) in [5.74, 6) is -0.740. The van der Waals surface area contributed by atoms with Crippen LogP contribution in [0.25, 0.3) is 12.2 Å². The zero-order valence-electron chi connectivity index (χ0n) is 11.9. The molecule has 0 bridgehead atoms. The third kappa shape index (κ3) is 4.76. The molecule has 0 aromatic carbocycles. The highest BCUT2D eigenvalue weighted by Gasteiger charge is 2.03. The maximum Gasteiger partial charge on any atom is 0.267 e. The van der Waals surface area contributed by atoms with Gasteiger partial charge in [-0.15, -0.1) is 0 Å². The van der Waals surface area contributed by atoms with Crippen molar-refractivity contribution < 1.29 is 14.8 Å². The number of carbonyl (C=O) groups excluding carboxylic acids is 2. The third-order valence-electron chi connectivity index (χ3n) is 3.07. The SMILES string of the molecule is C.Cn1c(/C=C/C(=O)NO)ccc1/C=C/C(=O)c1cccnc1. The largest absolute Gasteiger partial charge is 0.345 e. The predicted octanol–water partition coefficient (Wildman–Crippen LogP) is 2.47. The molecular formula is C17H19N3O3. The van der Waals surface area contributed by atoms with Crippen LogP contribution in [-0.4, -0.2) is 26.4 Å². The van der Waals surface area contributed by atoms with Crippen LogP contribution in [-0.2, 0) is 11.8 Å². The van der Waals surface area contributed by atoms with Crippen molar-refractivity contribution in [2.24, 2.45) is 7.05 Å². The fourth-order valence-electron chi connectivity index (χ4n) is 1.84. The monoisotopic (exact) mass is 313 g/mol. The average molecular weight is 313 g/mol. The minimum absolute atomic E-state index is 0. The number of nitrogens with one attached hydrogen (secondary N) is 1. The molecule has 0 atom stereocenters. The number of allylic oxidation sites excluding steroid dienone is 1. The zero-order chi connectivity index (χ0) is 15.9. The van der Waals surface area contributed by atoms with Crippen molar-refractivity contribution in [2.75, 3.05) is 0 Å². The van der Waals surface area contributed by atoms with E-state index in [1.807, 2.05) is 17.7 Å². The summed E-state index contributed by atoms with van der Waals surface area (Å²) < 4.78 is 1.81. The number of nitrogens with zero attached hydrogens (tertiary/aromatic N) is 2. The molecule has 2 heterocycles. The Labute approximate surface area is 134 Å². The fourth-order valence-corrected chi connectivity index (χ4v) is 1.84. The molecule has 0 aliphatic rings. The molecule has 1 amide bonds. The van der Waals surface area contributed by atoms with E-state index < -0.39 is 5.91 Å². The molecule has 6 nitrogen and oxygen atoms in total. The maximum atomic E-state index is 12.0. The normalized spacial score (nSPS) is 10.7. The molecule has 0 aliphatic heterocycles. The van der Waals surface area contributed by atoms with E-state index in [1.54, 1.807) is 36.5 Å². The molecule has 0 unspecified atom stereocenters. The topological polar surface area (TPSA) is 84.2 Å². The molecule has 0 aliphatic carbocycles. The van der Waals surface area contributed by atoms with E-state index in [1.165, 1.54) is 23.8 Å². The fraction of sp³-hybridized carbons (Fsp3) is 0.118. The lowest BCUT2D eigenvalue weighted by Crippen LogP contribution is -2.14. The van der Waals surface area contributed by atoms with E-state index in [4.69, 9.17) is 5.21 Å². The zero-order valence-corrected chi connectivity index (χ0v) is 11.9. The van der Waals surface area contributed by atoms with Gasteiger partial charge < -0.3 is 4.57 Å². The van der Waals surface area contributed by atoms with Gasteiger partial charge in [-0.2, -0.15) is 0 Å². The Bertz CT molecular complexity index is 731. The Morgan fingerprint density at radius 1 is 1.17 bits per heavy atom. The van der Waals surface area contributed by atoms with Crippen LogP contribution in [0, 0.1) is 0 Å². The van der Waals surface area contributed by atoms with Gasteiger partial charge in [0.2, 0.25) is 0 Å². The van der Waals surface area contributed by atoms with Crippen LogP contribution >= 0.6 is 0 Å². The Morgan fingerprint density at radius 3 is 2.39 bits per heavy atom. The molecule has 2 aromatic rings. The summed E-state index contributed by atoms with van der Waals surface area (Å²) in [6, 6.07) is 7.03. The van der Waals surface area contributed by atoms with Crippen molar-refractivity contribution in [1.29, 1.82) is 0 Å². The Kier molecular flexibility index (Phi) is 6.64. The van der Waals surface area contributed by atoms with E-state index in [-0.39, 0.29) is 13.2 Å². The Hall–Kier alpha value is -2.99. The van der Waals surface area contributed by atoms with E-state index in [2.05, 4.69) is 4.98 Å². The van der Waals surface area contributed by atoms with Crippen LogP contribution in [0.4, 0.5) is 0 Å². The molecule has 6 heteroatoms. The summed E-state index contributed by atoms with van der Waals surface area (Å²) in [7, 11) is 1.81. The van der Waals surface area contributed by atoms with Crippen LogP contribution in [0.3, 0.4) is 0 Å². The van der Waals surface area contributed by atoms with Crippen molar-refractivity contribution in [1.82, 2.24) is 15.0 Å². The molecule has 120 valence electrons. The van der Waals surface area contributed by atoms with Gasteiger partial charge in [0.1, 0.15) is 0 Å². The standard InChI is InChI=1S/C16H15N3O3.CH4/c1-19-13(4-5-14(19)7-9-16(21)18-22)6-8-15(20)12-3-2-10-17-11-12;/h2-11,22H,1H3,(H,18,21);1H4/b8-6+,9-7+;. The van der Waals surface area contributed by atoms with Gasteiger partial charge in [0.05, 0.1) is 0 Å². The van der Waals surface area contributed by atoms with Crippen molar-refractivity contribution in [3.8, 4) is 0 Å². The summed E-state index contributed by atoms with van der Waals surface area (Å²) in [5, 5.41) is 8.43. The van der Waals surface area contributed by atoms with E-state index >= 15 is 0 Å². The molecule has 23 heavy (non-hydrogen) atoms. The lowest BCUT2D eigenvalue weighted by atomic mass is 10.2. The number of hydrogen-bond acceptors (Lipinski definition) is 4. The summed E-state index contributed by atoms with van der Waals surface area (Å²) >= 11 is 0. The lowest BCUT2D eigenvalue weighted by Gasteiger charge is -2.01. The molecule has 2 rings (SSSR count). The summed E-state index contributed by atoms with van der Waals surface area (Å²) in [6.45, 7) is 0. The number of amides is 1. The summed E-state index contributed by atoms with van der Waals surface area (Å²) in [4.78, 5) is 26.8. The molecule has 0 fully saturated rings. The van der Waals surface area contributed by atoms with Gasteiger partial charge in [0.15, 0.2) is 5.78 Å². The van der Waals surface area contributed by atoms with Gasteiger partial charge in [0.25, 0.3) is 5.91 Å². The minimum atomic E-state index is -0.606. The molecule has 0 spiro atoms. The number of hydrogen-bond donors (Lipinski definition) is 2. The number of hydroxylamine groups is 1. The van der Waals surface area contributed by atoms with Crippen LogP contribution in [0.15, 0.2) is 48.8 Å². The number of aromatic nitrogens is 2. The number of rotatable bonds is 5. The Morgan fingerprint density at radius 2 is 1.83 bits per heavy atom. The molecule has 2 N–H and O–H groups in total. The molecule has 0 saturated carbocycles. The molecule has 2 aromatic heterocycles. The van der Waals surface area contributed by atoms with E-state index in [0.29, 0.717) is 5.56 Å². The first-order valence-electron chi connectivity index (χ1n) is 6.52. The summed E-state index contributed by atoms with van der Waals surface area (Å²) in [6.07, 6.45) is 9.06. The summed E-state index contributed by atoms with van der Waals surface area (Å²) in [5.41, 5.74) is 3.61. The average Bonchev–Trinajstić information content (AvgIpc) is 2.91. The van der Waals surface area contributed by atoms with Crippen molar-refractivity contribution >= 4 is 23.8 Å². The van der Waals surface area contributed by atoms with E-state index in [0.717, 1.165) is 11.4 Å². The second-order valence-electron chi connectivity index (χ2n) is 4.49. The smallest absolute Gasteiger partial charge is 0.267 e. The quantitative estimate of drug-likeness (QED) is 0.384. The molecule has 0 radical (unpaired) electrons. The number of ketones is 1. The second kappa shape index (κ2) is 8.45. The second-order valence-corrected chi connectivity index (χ2v) is 4.49. The number of pyridine rings is 1. The first-order valence-corrected chi connectivity index (χ1v) is 6.52. The van der Waals surface area contributed by atoms with Gasteiger partial charge in [-0.3, -0.25) is 19.8 Å². The van der Waals surface area contributed by atoms with Crippen molar-refractivity contribution in [3.63, 3.8) is 0 Å². The first kappa shape index (κ1) is 18.1. The predicted molar refractivity (Wildman–Crippen MR) is 88.7 cm³/mol. The maximum absolute atomic E-state index is 12.0. The van der Waals surface area contributed by atoms with Crippen LogP contribution in [0.5, 0.6) is 0 Å². The molecular weight excluding hydrogens is 294 g/mol. The van der Waals surface area contributed by atoms with Gasteiger partial charge in [-0.1, -0.05) is 7.43 Å². The van der Waals surface area contributed by atoms with Crippen LogP contribution in [0.1, 0.15) is 29.2 Å². The Balaban J connectivity index is 0.00000264. The van der Waals surface area contributed by atoms with Crippen LogP contribution in [0.2, 0.25) is 0 Å². The van der Waals surface area contributed by atoms with Crippen molar-refractivity contribution in [3.05, 3.63) is 65.8 Å². The van der Waals surface area contributed by atoms with E-state index in [9.17, 15) is 9.59 Å². The van der Waals surface area contributed by atoms with Gasteiger partial charge in [-0.25, -0.2) is 5.48 Å². The first-order chi connectivity index (χ1) is 10.6. The number of carbonyl (C=O) groups is 2. The van der Waals surface area contributed by atoms with Gasteiger partial charge in [-0.05, 0) is 42.5 Å². The highest BCUT2D eigenvalue weighted by molar-refractivity contribution is 6.06. The lowest BCUT2D eigenvalue weighted by molar-refractivity contribution is -0.124. The van der Waals surface area contributed by atoms with Gasteiger partial charge >= 0.3 is 0 Å². The van der Waals surface area contributed by atoms with Gasteiger partial charge in [0, 0.05) is 42.5 Å². The highest BCUT2D eigenvalue weighted by Crippen LogP contribution is 2.11. The van der Waals surface area contributed by atoms with Crippen molar-refractivity contribution in [2.45, 2.75) is 7.43 Å². The van der Waals surface area contributed by atoms with Crippen LogP contribution < -0.4 is 5.48 Å². The highest BCUT2D eigenvalue weighted by atomic mass is 16.5. The molecule has 0 saturated heterocycles.